The lowest BCUT2D eigenvalue weighted by Gasteiger charge is -2.12. The summed E-state index contributed by atoms with van der Waals surface area (Å²) in [4.78, 5) is 12.2. The number of aromatic amines is 1. The number of hydrogen-bond donors (Lipinski definition) is 3. The lowest BCUT2D eigenvalue weighted by molar-refractivity contribution is 0.0951. The van der Waals surface area contributed by atoms with Crippen molar-refractivity contribution in [3.63, 3.8) is 0 Å². The summed E-state index contributed by atoms with van der Waals surface area (Å²) in [7, 11) is 0. The molecule has 3 rings (SSSR count). The summed E-state index contributed by atoms with van der Waals surface area (Å²) in [5.74, 6) is 0.499. The van der Waals surface area contributed by atoms with Gasteiger partial charge in [0.15, 0.2) is 0 Å². The van der Waals surface area contributed by atoms with E-state index in [1.54, 1.807) is 6.20 Å². The number of aryl methyl sites for hydroxylation is 1. The molecule has 4 N–H and O–H groups in total. The Labute approximate surface area is 123 Å². The third kappa shape index (κ3) is 2.94. The van der Waals surface area contributed by atoms with Gasteiger partial charge in [-0.3, -0.25) is 9.89 Å². The minimum atomic E-state index is -0.0888. The SMILES string of the molecule is Cc1cc(C(=O)NCC(N)C2CC2)c2[nH]ncc2c1.Cl. The van der Waals surface area contributed by atoms with E-state index >= 15 is 0 Å². The van der Waals surface area contributed by atoms with Crippen molar-refractivity contribution in [1.29, 1.82) is 0 Å². The molecule has 1 heterocycles. The number of fused-ring (bicyclic) bond motifs is 1. The number of amides is 1. The molecule has 1 atom stereocenters. The average Bonchev–Trinajstić information content (AvgIpc) is 3.14. The van der Waals surface area contributed by atoms with Crippen LogP contribution in [0.5, 0.6) is 0 Å². The molecule has 1 aromatic heterocycles. The zero-order valence-electron chi connectivity index (χ0n) is 11.3. The fraction of sp³-hybridized carbons (Fsp3) is 0.429. The highest BCUT2D eigenvalue weighted by molar-refractivity contribution is 6.05. The second-order valence-electron chi connectivity index (χ2n) is 5.36. The number of carbonyl (C=O) groups excluding carboxylic acids is 1. The van der Waals surface area contributed by atoms with Crippen LogP contribution in [0.4, 0.5) is 0 Å². The van der Waals surface area contributed by atoms with Crippen molar-refractivity contribution >= 4 is 29.2 Å². The van der Waals surface area contributed by atoms with Crippen molar-refractivity contribution in [2.45, 2.75) is 25.8 Å². The van der Waals surface area contributed by atoms with Crippen LogP contribution in [0, 0.1) is 12.8 Å². The van der Waals surface area contributed by atoms with Gasteiger partial charge in [0, 0.05) is 18.0 Å². The van der Waals surface area contributed by atoms with Crippen LogP contribution in [-0.2, 0) is 0 Å². The van der Waals surface area contributed by atoms with Gasteiger partial charge in [-0.2, -0.15) is 5.10 Å². The lowest BCUT2D eigenvalue weighted by atomic mass is 10.1. The maximum Gasteiger partial charge on any atom is 0.253 e. The Hall–Kier alpha value is -1.59. The van der Waals surface area contributed by atoms with Crippen molar-refractivity contribution in [1.82, 2.24) is 15.5 Å². The maximum absolute atomic E-state index is 12.2. The highest BCUT2D eigenvalue weighted by Gasteiger charge is 2.28. The predicted octanol–water partition coefficient (Wildman–Crippen LogP) is 1.76. The Balaban J connectivity index is 0.00000147. The van der Waals surface area contributed by atoms with E-state index in [-0.39, 0.29) is 24.4 Å². The first-order valence-corrected chi connectivity index (χ1v) is 6.62. The van der Waals surface area contributed by atoms with Crippen molar-refractivity contribution in [2.75, 3.05) is 6.54 Å². The molecule has 6 heteroatoms. The van der Waals surface area contributed by atoms with Crippen molar-refractivity contribution in [3.05, 3.63) is 29.5 Å². The zero-order chi connectivity index (χ0) is 13.4. The number of hydrogen-bond acceptors (Lipinski definition) is 3. The van der Waals surface area contributed by atoms with Gasteiger partial charge in [-0.25, -0.2) is 0 Å². The first-order chi connectivity index (χ1) is 9.15. The number of halogens is 1. The Morgan fingerprint density at radius 3 is 3.00 bits per heavy atom. The van der Waals surface area contributed by atoms with Crippen molar-refractivity contribution < 1.29 is 4.79 Å². The molecule has 1 amide bonds. The van der Waals surface area contributed by atoms with E-state index in [1.165, 1.54) is 12.8 Å². The van der Waals surface area contributed by atoms with Crippen molar-refractivity contribution in [3.8, 4) is 0 Å². The Morgan fingerprint density at radius 2 is 2.30 bits per heavy atom. The molecular formula is C14H19ClN4O. The number of nitrogens with zero attached hydrogens (tertiary/aromatic N) is 1. The molecule has 1 fully saturated rings. The molecular weight excluding hydrogens is 276 g/mol. The van der Waals surface area contributed by atoms with Gasteiger partial charge in [-0.05, 0) is 43.4 Å². The fourth-order valence-electron chi connectivity index (χ4n) is 2.38. The third-order valence-corrected chi connectivity index (χ3v) is 3.66. The van der Waals surface area contributed by atoms with Crippen LogP contribution in [0.2, 0.25) is 0 Å². The summed E-state index contributed by atoms with van der Waals surface area (Å²) in [6, 6.07) is 3.95. The van der Waals surface area contributed by atoms with Gasteiger partial charge in [0.1, 0.15) is 0 Å². The van der Waals surface area contributed by atoms with Crippen LogP contribution in [0.25, 0.3) is 10.9 Å². The quantitative estimate of drug-likeness (QED) is 0.803. The summed E-state index contributed by atoms with van der Waals surface area (Å²) in [6.07, 6.45) is 4.10. The van der Waals surface area contributed by atoms with Gasteiger partial charge in [0.2, 0.25) is 0 Å². The second-order valence-corrected chi connectivity index (χ2v) is 5.36. The summed E-state index contributed by atoms with van der Waals surface area (Å²) in [5.41, 5.74) is 8.46. The largest absolute Gasteiger partial charge is 0.350 e. The highest BCUT2D eigenvalue weighted by atomic mass is 35.5. The molecule has 1 aliphatic carbocycles. The van der Waals surface area contributed by atoms with Gasteiger partial charge in [0.05, 0.1) is 17.3 Å². The molecule has 0 radical (unpaired) electrons. The van der Waals surface area contributed by atoms with E-state index in [9.17, 15) is 4.79 Å². The van der Waals surface area contributed by atoms with Crippen LogP contribution < -0.4 is 11.1 Å². The second kappa shape index (κ2) is 5.81. The van der Waals surface area contributed by atoms with E-state index in [1.807, 2.05) is 19.1 Å². The Kier molecular flexibility index (Phi) is 4.30. The number of nitrogens with one attached hydrogen (secondary N) is 2. The molecule has 0 bridgehead atoms. The minimum absolute atomic E-state index is 0. The number of H-pyrrole nitrogens is 1. The van der Waals surface area contributed by atoms with Crippen LogP contribution >= 0.6 is 12.4 Å². The van der Waals surface area contributed by atoms with E-state index in [4.69, 9.17) is 5.73 Å². The normalized spacial score (nSPS) is 15.7. The number of carbonyl (C=O) groups is 1. The van der Waals surface area contributed by atoms with Gasteiger partial charge in [-0.1, -0.05) is 0 Å². The predicted molar refractivity (Wildman–Crippen MR) is 81.1 cm³/mol. The van der Waals surface area contributed by atoms with Crippen LogP contribution in [0.15, 0.2) is 18.3 Å². The summed E-state index contributed by atoms with van der Waals surface area (Å²) in [5, 5.41) is 10.7. The highest BCUT2D eigenvalue weighted by Crippen LogP contribution is 2.31. The Bertz CT molecular complexity index is 621. The minimum Gasteiger partial charge on any atom is -0.350 e. The van der Waals surface area contributed by atoms with Gasteiger partial charge in [0.25, 0.3) is 5.91 Å². The summed E-state index contributed by atoms with van der Waals surface area (Å²) < 4.78 is 0. The van der Waals surface area contributed by atoms with E-state index in [0.717, 1.165) is 16.5 Å². The topological polar surface area (TPSA) is 83.8 Å². The van der Waals surface area contributed by atoms with Gasteiger partial charge < -0.3 is 11.1 Å². The Morgan fingerprint density at radius 1 is 1.55 bits per heavy atom. The molecule has 5 nitrogen and oxygen atoms in total. The van der Waals surface area contributed by atoms with Crippen LogP contribution in [0.1, 0.15) is 28.8 Å². The lowest BCUT2D eigenvalue weighted by Crippen LogP contribution is -2.38. The fourth-order valence-corrected chi connectivity index (χ4v) is 2.38. The molecule has 0 saturated heterocycles. The van der Waals surface area contributed by atoms with E-state index in [0.29, 0.717) is 18.0 Å². The molecule has 108 valence electrons. The molecule has 1 aromatic carbocycles. The molecule has 20 heavy (non-hydrogen) atoms. The summed E-state index contributed by atoms with van der Waals surface area (Å²) >= 11 is 0. The summed E-state index contributed by atoms with van der Waals surface area (Å²) in [6.45, 7) is 2.51. The molecule has 0 spiro atoms. The molecule has 1 saturated carbocycles. The molecule has 2 aromatic rings. The monoisotopic (exact) mass is 294 g/mol. The van der Waals surface area contributed by atoms with Crippen molar-refractivity contribution in [2.24, 2.45) is 11.7 Å². The van der Waals surface area contributed by atoms with Gasteiger partial charge in [-0.15, -0.1) is 12.4 Å². The van der Waals surface area contributed by atoms with Crippen LogP contribution in [-0.4, -0.2) is 28.7 Å². The van der Waals surface area contributed by atoms with Crippen LogP contribution in [0.3, 0.4) is 0 Å². The third-order valence-electron chi connectivity index (χ3n) is 3.66. The molecule has 1 unspecified atom stereocenters. The molecule has 0 aliphatic heterocycles. The van der Waals surface area contributed by atoms with E-state index in [2.05, 4.69) is 15.5 Å². The number of rotatable bonds is 4. The first-order valence-electron chi connectivity index (χ1n) is 6.62. The number of nitrogens with two attached hydrogens (primary N) is 1. The molecule has 1 aliphatic rings. The standard InChI is InChI=1S/C14H18N4O.ClH/c1-8-4-10-6-17-18-13(10)11(5-8)14(19)16-7-12(15)9-2-3-9;/h4-6,9,12H,2-3,7,15H2,1H3,(H,16,19)(H,17,18);1H. The zero-order valence-corrected chi connectivity index (χ0v) is 12.2. The number of aromatic nitrogens is 2. The first kappa shape index (κ1) is 14.8. The smallest absolute Gasteiger partial charge is 0.253 e. The van der Waals surface area contributed by atoms with E-state index < -0.39 is 0 Å². The van der Waals surface area contributed by atoms with Gasteiger partial charge >= 0.3 is 0 Å². The number of benzene rings is 1. The average molecular weight is 295 g/mol. The maximum atomic E-state index is 12.2.